The Kier molecular flexibility index (Phi) is 9.40. The fourth-order valence-corrected chi connectivity index (χ4v) is 3.20. The molecular formula is C22H22F15N2O+. The van der Waals surface area contributed by atoms with E-state index < -0.39 is 54.2 Å². The van der Waals surface area contributed by atoms with Gasteiger partial charge in [0.1, 0.15) is 6.54 Å². The minimum atomic E-state index is -8.44. The van der Waals surface area contributed by atoms with Crippen molar-refractivity contribution in [3.05, 3.63) is 42.0 Å². The van der Waals surface area contributed by atoms with E-state index in [-0.39, 0.29) is 22.5 Å². The highest BCUT2D eigenvalue weighted by Crippen LogP contribution is 2.62. The largest absolute Gasteiger partial charge is 0.460 e. The molecule has 0 spiro atoms. The van der Waals surface area contributed by atoms with Gasteiger partial charge in [-0.15, -0.1) is 0 Å². The zero-order valence-corrected chi connectivity index (χ0v) is 20.7. The van der Waals surface area contributed by atoms with Crippen LogP contribution in [0.2, 0.25) is 0 Å². The third-order valence-electron chi connectivity index (χ3n) is 5.81. The molecule has 0 atom stereocenters. The van der Waals surface area contributed by atoms with Crippen LogP contribution in [0.3, 0.4) is 0 Å². The lowest BCUT2D eigenvalue weighted by atomic mass is 9.90. The van der Waals surface area contributed by atoms with Crippen molar-refractivity contribution in [2.24, 2.45) is 0 Å². The molecule has 0 saturated heterocycles. The number of carbonyl (C=O) groups excluding carboxylic acids is 1. The molecule has 40 heavy (non-hydrogen) atoms. The summed E-state index contributed by atoms with van der Waals surface area (Å²) in [6, 6.07) is 6.54. The summed E-state index contributed by atoms with van der Waals surface area (Å²) in [5.41, 5.74) is 1.37. The number of hydrogen-bond acceptors (Lipinski definition) is 1. The number of benzene rings is 1. The first-order valence-corrected chi connectivity index (χ1v) is 10.7. The van der Waals surface area contributed by atoms with Crippen molar-refractivity contribution in [1.82, 2.24) is 4.90 Å². The molecule has 0 saturated carbocycles. The summed E-state index contributed by atoms with van der Waals surface area (Å²) in [5, 5.41) is 0. The van der Waals surface area contributed by atoms with E-state index in [0.717, 1.165) is 5.56 Å². The Morgan fingerprint density at radius 3 is 1.55 bits per heavy atom. The number of amides is 1. The number of quaternary nitrogens is 1. The van der Waals surface area contributed by atoms with E-state index in [0.29, 0.717) is 12.6 Å². The first-order chi connectivity index (χ1) is 17.5. The molecule has 1 aromatic rings. The van der Waals surface area contributed by atoms with Crippen LogP contribution in [0.15, 0.2) is 30.8 Å². The van der Waals surface area contributed by atoms with Crippen molar-refractivity contribution in [2.75, 3.05) is 34.2 Å². The second kappa shape index (κ2) is 10.6. The Hall–Kier alpha value is -2.66. The third-order valence-corrected chi connectivity index (χ3v) is 5.81. The zero-order chi connectivity index (χ0) is 32.0. The average Bonchev–Trinajstić information content (AvgIpc) is 2.80. The van der Waals surface area contributed by atoms with Gasteiger partial charge in [0, 0.05) is 12.6 Å². The molecule has 0 fully saturated rings. The lowest BCUT2D eigenvalue weighted by Crippen LogP contribution is -2.74. The first-order valence-electron chi connectivity index (χ1n) is 10.7. The highest BCUT2D eigenvalue weighted by molar-refractivity contribution is 5.84. The van der Waals surface area contributed by atoms with Crippen LogP contribution in [-0.2, 0) is 11.3 Å². The maximum atomic E-state index is 14.2. The topological polar surface area (TPSA) is 20.3 Å². The fraction of sp³-hybridized carbons (Fsp3) is 0.591. The van der Waals surface area contributed by atoms with Crippen molar-refractivity contribution >= 4 is 12.0 Å². The van der Waals surface area contributed by atoms with E-state index in [1.54, 1.807) is 24.3 Å². The van der Waals surface area contributed by atoms with E-state index in [1.165, 1.54) is 20.2 Å². The Bertz CT molecular complexity index is 1060. The van der Waals surface area contributed by atoms with Gasteiger partial charge in [0.25, 0.3) is 5.91 Å². The van der Waals surface area contributed by atoms with E-state index in [2.05, 4.69) is 6.58 Å². The number of hydrogen-bond donors (Lipinski definition) is 0. The number of alkyl halides is 15. The first kappa shape index (κ1) is 35.4. The summed E-state index contributed by atoms with van der Waals surface area (Å²) in [7, 11) is 3.22. The summed E-state index contributed by atoms with van der Waals surface area (Å²) < 4.78 is 200. The number of halogens is 15. The van der Waals surface area contributed by atoms with Crippen molar-refractivity contribution in [3.63, 3.8) is 0 Å². The van der Waals surface area contributed by atoms with Crippen molar-refractivity contribution < 1.29 is 75.1 Å². The maximum absolute atomic E-state index is 14.2. The van der Waals surface area contributed by atoms with Crippen LogP contribution in [0.1, 0.15) is 11.1 Å². The number of nitrogens with zero attached hydrogens (tertiary/aromatic N) is 2. The van der Waals surface area contributed by atoms with Crippen LogP contribution in [0.25, 0.3) is 6.08 Å². The van der Waals surface area contributed by atoms with Gasteiger partial charge in [0.2, 0.25) is 0 Å². The molecule has 0 aliphatic carbocycles. The highest BCUT2D eigenvalue weighted by Gasteiger charge is 2.94. The Labute approximate surface area is 217 Å². The molecule has 0 aliphatic heterocycles. The van der Waals surface area contributed by atoms with E-state index in [9.17, 15) is 70.7 Å². The lowest BCUT2D eigenvalue weighted by Gasteiger charge is -2.41. The predicted octanol–water partition coefficient (Wildman–Crippen LogP) is 6.74. The normalized spacial score (nSPS) is 14.8. The van der Waals surface area contributed by atoms with E-state index in [4.69, 9.17) is 0 Å². The summed E-state index contributed by atoms with van der Waals surface area (Å²) >= 11 is 0. The molecule has 230 valence electrons. The monoisotopic (exact) mass is 615 g/mol. The van der Waals surface area contributed by atoms with Crippen molar-refractivity contribution in [2.45, 2.75) is 48.3 Å². The van der Waals surface area contributed by atoms with Gasteiger partial charge < -0.3 is 9.38 Å². The molecule has 1 aromatic carbocycles. The smallest absolute Gasteiger partial charge is 0.335 e. The third kappa shape index (κ3) is 5.86. The van der Waals surface area contributed by atoms with Gasteiger partial charge in [-0.05, 0) is 5.56 Å². The molecule has 1 amide bonds. The summed E-state index contributed by atoms with van der Waals surface area (Å²) in [6.07, 6.45) is -6.18. The quantitative estimate of drug-likeness (QED) is 0.189. The van der Waals surface area contributed by atoms with Gasteiger partial charge in [-0.2, -0.15) is 65.9 Å². The number of rotatable bonds is 12. The summed E-state index contributed by atoms with van der Waals surface area (Å²) in [5.74, 6) is -51.4. The van der Waals surface area contributed by atoms with Gasteiger partial charge in [0.05, 0.1) is 27.2 Å². The van der Waals surface area contributed by atoms with Gasteiger partial charge in [0.15, 0.2) is 0 Å². The van der Waals surface area contributed by atoms with Crippen LogP contribution < -0.4 is 0 Å². The second-order valence-corrected chi connectivity index (χ2v) is 9.43. The van der Waals surface area contributed by atoms with Crippen LogP contribution >= 0.6 is 0 Å². The molecule has 18 heteroatoms. The average molecular weight is 615 g/mol. The Morgan fingerprint density at radius 2 is 1.15 bits per heavy atom. The van der Waals surface area contributed by atoms with E-state index >= 15 is 0 Å². The van der Waals surface area contributed by atoms with E-state index in [1.807, 2.05) is 0 Å². The molecule has 0 radical (unpaired) electrons. The van der Waals surface area contributed by atoms with Crippen LogP contribution in [0.5, 0.6) is 0 Å². The lowest BCUT2D eigenvalue weighted by molar-refractivity contribution is -0.903. The van der Waals surface area contributed by atoms with Gasteiger partial charge >= 0.3 is 41.7 Å². The van der Waals surface area contributed by atoms with Crippen LogP contribution in [-0.4, -0.2) is 91.2 Å². The minimum absolute atomic E-state index is 0.124. The summed E-state index contributed by atoms with van der Waals surface area (Å²) in [6.45, 7) is 2.36. The molecule has 0 aliphatic rings. The molecular weight excluding hydrogens is 593 g/mol. The SMILES string of the molecule is C=Cc1ccc(C[N+](C)(C)CCN(C)C(=O)C(F)(F)C(F)(F)C(F)(F)C(F)(F)C(F)(F)C(F)(F)C(F)(F)F)cc1. The standard InChI is InChI=1S/C22H22F15N2O/c1-5-13-6-8-14(9-7-13)12-39(3,4)11-10-38(2)15(40)16(23,24)17(25,26)18(27,28)19(29,30)20(31,32)21(33,34)22(35,36)37/h5-9H,1,10-12H2,2-4H3/q+1. The maximum Gasteiger partial charge on any atom is 0.460 e. The van der Waals surface area contributed by atoms with Gasteiger partial charge in [-0.25, -0.2) is 0 Å². The number of likely N-dealkylation sites (N-methyl/N-ethyl adjacent to an activating group) is 2. The highest BCUT2D eigenvalue weighted by atomic mass is 19.4. The van der Waals surface area contributed by atoms with Crippen molar-refractivity contribution in [3.8, 4) is 0 Å². The Morgan fingerprint density at radius 1 is 0.750 bits per heavy atom. The van der Waals surface area contributed by atoms with Crippen molar-refractivity contribution in [1.29, 1.82) is 0 Å². The molecule has 1 rings (SSSR count). The zero-order valence-electron chi connectivity index (χ0n) is 20.7. The fourth-order valence-electron chi connectivity index (χ4n) is 3.20. The van der Waals surface area contributed by atoms with Gasteiger partial charge in [-0.3, -0.25) is 4.79 Å². The predicted molar refractivity (Wildman–Crippen MR) is 111 cm³/mol. The molecule has 0 bridgehead atoms. The molecule has 0 unspecified atom stereocenters. The van der Waals surface area contributed by atoms with Crippen LogP contribution in [0, 0.1) is 0 Å². The van der Waals surface area contributed by atoms with Gasteiger partial charge in [-0.1, -0.05) is 36.9 Å². The van der Waals surface area contributed by atoms with Crippen LogP contribution in [0.4, 0.5) is 65.9 Å². The minimum Gasteiger partial charge on any atom is -0.335 e. The Balaban J connectivity index is 3.23. The number of carbonyl (C=O) groups is 1. The molecule has 3 nitrogen and oxygen atoms in total. The molecule has 0 N–H and O–H groups in total. The molecule has 0 aromatic heterocycles. The molecule has 0 heterocycles. The second-order valence-electron chi connectivity index (χ2n) is 9.43. The summed E-state index contributed by atoms with van der Waals surface area (Å²) in [4.78, 5) is 11.6.